The quantitative estimate of drug-likeness (QED) is 0.257. The average molecular weight is 250 g/mol. The van der Waals surface area contributed by atoms with Gasteiger partial charge in [0.1, 0.15) is 0 Å². The highest BCUT2D eigenvalue weighted by molar-refractivity contribution is 6.32. The molecular weight excluding hydrogens is 232 g/mol. The Morgan fingerprint density at radius 3 is 1.94 bits per heavy atom. The molecule has 8 nitrogen and oxygen atoms in total. The molecule has 0 fully saturated rings. The van der Waals surface area contributed by atoms with Crippen LogP contribution in [0.25, 0.3) is 0 Å². The molecule has 0 bridgehead atoms. The topological polar surface area (TPSA) is 167 Å². The Morgan fingerprint density at radius 2 is 1.59 bits per heavy atom. The maximum Gasteiger partial charge on any atom is 0.372 e. The van der Waals surface area contributed by atoms with Crippen molar-refractivity contribution in [2.24, 2.45) is 11.5 Å². The minimum absolute atomic E-state index is 0.722. The number of nitrogens with two attached hydrogens (primary N) is 2. The van der Waals surface area contributed by atoms with Crippen LogP contribution in [0.1, 0.15) is 13.3 Å². The Morgan fingerprint density at radius 1 is 1.12 bits per heavy atom. The Balaban J connectivity index is 4.44. The van der Waals surface area contributed by atoms with Crippen LogP contribution >= 0.6 is 0 Å². The van der Waals surface area contributed by atoms with E-state index in [1.165, 1.54) is 6.92 Å². The van der Waals surface area contributed by atoms with E-state index in [1.807, 2.05) is 0 Å². The van der Waals surface area contributed by atoms with Gasteiger partial charge in [-0.3, -0.25) is 4.79 Å². The second kappa shape index (κ2) is 6.62. The molecule has 8 N–H and O–H groups in total. The molecule has 0 spiro atoms. The Hall–Kier alpha value is -1.06. The summed E-state index contributed by atoms with van der Waals surface area (Å²) in [4.78, 5) is 21.0. The van der Waals surface area contributed by atoms with Crippen LogP contribution in [0.4, 0.5) is 0 Å². The first-order valence-corrected chi connectivity index (χ1v) is 5.00. The van der Waals surface area contributed by atoms with Crippen molar-refractivity contribution >= 4 is 11.8 Å². The molecule has 0 aliphatic carbocycles. The standard InChI is InChI=1S/C9H18N2O6/c1-3(12)6(10)8(15)7(11)4(13)2-5(14)9(16)17/h3-4,6-8,12-13,15H,2,10-11H2,1H3,(H,16,17)/t3-,4-,6-,7-,8-/m0/s1. The van der Waals surface area contributed by atoms with Crippen molar-refractivity contribution in [3.63, 3.8) is 0 Å². The first-order valence-electron chi connectivity index (χ1n) is 5.00. The highest BCUT2D eigenvalue weighted by atomic mass is 16.4. The van der Waals surface area contributed by atoms with Crippen molar-refractivity contribution in [1.82, 2.24) is 0 Å². The number of aliphatic hydroxyl groups is 3. The van der Waals surface area contributed by atoms with Crippen LogP contribution in [0.15, 0.2) is 0 Å². The van der Waals surface area contributed by atoms with E-state index < -0.39 is 48.6 Å². The van der Waals surface area contributed by atoms with E-state index in [1.54, 1.807) is 0 Å². The van der Waals surface area contributed by atoms with Crippen LogP contribution in [0.5, 0.6) is 0 Å². The summed E-state index contributed by atoms with van der Waals surface area (Å²) in [5.74, 6) is -2.91. The molecular formula is C9H18N2O6. The minimum Gasteiger partial charge on any atom is -0.475 e. The Bertz CT molecular complexity index is 283. The maximum absolute atomic E-state index is 10.8. The van der Waals surface area contributed by atoms with Gasteiger partial charge in [-0.05, 0) is 6.92 Å². The third kappa shape index (κ3) is 4.75. The van der Waals surface area contributed by atoms with Gasteiger partial charge in [0.2, 0.25) is 5.78 Å². The molecule has 0 aliphatic rings. The zero-order valence-electron chi connectivity index (χ0n) is 9.35. The molecule has 0 aromatic carbocycles. The molecule has 100 valence electrons. The van der Waals surface area contributed by atoms with Gasteiger partial charge in [-0.25, -0.2) is 4.79 Å². The molecule has 5 atom stereocenters. The number of hydrogen-bond acceptors (Lipinski definition) is 7. The van der Waals surface area contributed by atoms with Crippen molar-refractivity contribution in [1.29, 1.82) is 0 Å². The number of ketones is 1. The lowest BCUT2D eigenvalue weighted by Gasteiger charge is -2.29. The van der Waals surface area contributed by atoms with Crippen LogP contribution < -0.4 is 11.5 Å². The summed E-state index contributed by atoms with van der Waals surface area (Å²) in [5.41, 5.74) is 10.8. The smallest absolute Gasteiger partial charge is 0.372 e. The molecule has 0 rings (SSSR count). The number of Topliss-reactive ketones (excluding diaryl/α,β-unsaturated/α-hetero) is 1. The molecule has 0 aliphatic heterocycles. The van der Waals surface area contributed by atoms with Crippen molar-refractivity contribution in [3.05, 3.63) is 0 Å². The number of hydrogen-bond donors (Lipinski definition) is 6. The highest BCUT2D eigenvalue weighted by Gasteiger charge is 2.32. The number of carboxylic acids is 1. The lowest BCUT2D eigenvalue weighted by Crippen LogP contribution is -2.56. The predicted molar refractivity (Wildman–Crippen MR) is 56.9 cm³/mol. The monoisotopic (exact) mass is 250 g/mol. The fourth-order valence-electron chi connectivity index (χ4n) is 1.18. The van der Waals surface area contributed by atoms with E-state index in [-0.39, 0.29) is 0 Å². The number of aliphatic hydroxyl groups excluding tert-OH is 3. The van der Waals surface area contributed by atoms with Gasteiger partial charge >= 0.3 is 5.97 Å². The third-order valence-electron chi connectivity index (χ3n) is 2.42. The molecule has 0 amide bonds. The summed E-state index contributed by atoms with van der Waals surface area (Å²) in [5, 5.41) is 36.4. The largest absolute Gasteiger partial charge is 0.475 e. The molecule has 0 heterocycles. The number of rotatable bonds is 7. The van der Waals surface area contributed by atoms with Crippen LogP contribution in [0.3, 0.4) is 0 Å². The van der Waals surface area contributed by atoms with Crippen molar-refractivity contribution in [3.8, 4) is 0 Å². The van der Waals surface area contributed by atoms with E-state index in [2.05, 4.69) is 0 Å². The Labute approximate surface area is 97.8 Å². The van der Waals surface area contributed by atoms with Gasteiger partial charge < -0.3 is 31.9 Å². The van der Waals surface area contributed by atoms with Gasteiger partial charge in [-0.15, -0.1) is 0 Å². The highest BCUT2D eigenvalue weighted by Crippen LogP contribution is 2.07. The zero-order chi connectivity index (χ0) is 13.7. The van der Waals surface area contributed by atoms with E-state index in [0.717, 1.165) is 0 Å². The van der Waals surface area contributed by atoms with Gasteiger partial charge in [0, 0.05) is 6.42 Å². The second-order valence-corrected chi connectivity index (χ2v) is 3.89. The Kier molecular flexibility index (Phi) is 6.21. The molecule has 0 saturated heterocycles. The van der Waals surface area contributed by atoms with Crippen molar-refractivity contribution in [2.75, 3.05) is 0 Å². The molecule has 0 radical (unpaired) electrons. The van der Waals surface area contributed by atoms with E-state index >= 15 is 0 Å². The number of aliphatic carboxylic acids is 1. The summed E-state index contributed by atoms with van der Waals surface area (Å²) in [6.45, 7) is 1.33. The average Bonchev–Trinajstić information content (AvgIpc) is 2.25. The fraction of sp³-hybridized carbons (Fsp3) is 0.778. The van der Waals surface area contributed by atoms with E-state index in [9.17, 15) is 19.8 Å². The lowest BCUT2D eigenvalue weighted by molar-refractivity contribution is -0.150. The summed E-state index contributed by atoms with van der Waals surface area (Å²) in [7, 11) is 0. The SMILES string of the molecule is C[C@H](O)[C@H](N)[C@H](O)[C@@H](N)[C@@H](O)CC(=O)C(=O)O. The van der Waals surface area contributed by atoms with E-state index in [4.69, 9.17) is 21.7 Å². The first kappa shape index (κ1) is 15.9. The van der Waals surface area contributed by atoms with Crippen LogP contribution in [0.2, 0.25) is 0 Å². The van der Waals surface area contributed by atoms with E-state index in [0.29, 0.717) is 0 Å². The summed E-state index contributed by atoms with van der Waals surface area (Å²) in [6.07, 6.45) is -4.77. The summed E-state index contributed by atoms with van der Waals surface area (Å²) >= 11 is 0. The van der Waals surface area contributed by atoms with Gasteiger partial charge in [0.15, 0.2) is 0 Å². The number of carbonyl (C=O) groups excluding carboxylic acids is 1. The van der Waals surface area contributed by atoms with Gasteiger partial charge in [0.05, 0.1) is 30.4 Å². The normalized spacial score (nSPS) is 20.1. The van der Waals surface area contributed by atoms with Gasteiger partial charge in [-0.2, -0.15) is 0 Å². The third-order valence-corrected chi connectivity index (χ3v) is 2.42. The van der Waals surface area contributed by atoms with Crippen LogP contribution in [-0.2, 0) is 9.59 Å². The van der Waals surface area contributed by atoms with Crippen LogP contribution in [0, 0.1) is 0 Å². The zero-order valence-corrected chi connectivity index (χ0v) is 9.35. The molecule has 0 saturated carbocycles. The molecule has 0 unspecified atom stereocenters. The summed E-state index contributed by atoms with van der Waals surface area (Å²) in [6, 6.07) is -2.41. The first-order chi connectivity index (χ1) is 7.68. The van der Waals surface area contributed by atoms with Crippen molar-refractivity contribution in [2.45, 2.75) is 43.7 Å². The van der Waals surface area contributed by atoms with Gasteiger partial charge in [-0.1, -0.05) is 0 Å². The number of carbonyl (C=O) groups is 2. The minimum atomic E-state index is -1.69. The molecule has 8 heteroatoms. The lowest BCUT2D eigenvalue weighted by atomic mass is 9.94. The second-order valence-electron chi connectivity index (χ2n) is 3.89. The molecule has 0 aromatic rings. The predicted octanol–water partition coefficient (Wildman–Crippen LogP) is -3.21. The van der Waals surface area contributed by atoms with Crippen molar-refractivity contribution < 1.29 is 30.0 Å². The van der Waals surface area contributed by atoms with Crippen LogP contribution in [-0.4, -0.2) is 62.6 Å². The maximum atomic E-state index is 10.8. The molecule has 17 heavy (non-hydrogen) atoms. The molecule has 0 aromatic heterocycles. The fourth-order valence-corrected chi connectivity index (χ4v) is 1.18. The van der Waals surface area contributed by atoms with Gasteiger partial charge in [0.25, 0.3) is 0 Å². The number of carboxylic acid groups (broad SMARTS) is 1. The summed E-state index contributed by atoms with van der Waals surface area (Å²) < 4.78 is 0.